The van der Waals surface area contributed by atoms with Crippen molar-refractivity contribution < 1.29 is 18.7 Å². The van der Waals surface area contributed by atoms with Gasteiger partial charge in [-0.1, -0.05) is 6.42 Å². The summed E-state index contributed by atoms with van der Waals surface area (Å²) in [4.78, 5) is 15.1. The average Bonchev–Trinajstić information content (AvgIpc) is 2.90. The van der Waals surface area contributed by atoms with Crippen molar-refractivity contribution in [2.75, 3.05) is 11.9 Å². The van der Waals surface area contributed by atoms with Crippen molar-refractivity contribution in [3.63, 3.8) is 0 Å². The van der Waals surface area contributed by atoms with Crippen LogP contribution in [-0.2, 0) is 0 Å². The first-order chi connectivity index (χ1) is 10.5. The SMILES string of the molecule is O=C(O)c1cc2c(NCC3CCCCC3(F)F)nccn2n1. The lowest BCUT2D eigenvalue weighted by Crippen LogP contribution is -2.36. The Labute approximate surface area is 125 Å². The molecule has 8 heteroatoms. The Morgan fingerprint density at radius 1 is 1.50 bits per heavy atom. The Hall–Kier alpha value is -2.25. The molecule has 0 aliphatic heterocycles. The van der Waals surface area contributed by atoms with Gasteiger partial charge in [-0.2, -0.15) is 5.10 Å². The van der Waals surface area contributed by atoms with Gasteiger partial charge in [0.05, 0.1) is 0 Å². The molecule has 2 N–H and O–H groups in total. The summed E-state index contributed by atoms with van der Waals surface area (Å²) in [6.07, 6.45) is 4.72. The maximum absolute atomic E-state index is 13.8. The molecule has 22 heavy (non-hydrogen) atoms. The van der Waals surface area contributed by atoms with Gasteiger partial charge in [0.1, 0.15) is 5.52 Å². The second-order valence-electron chi connectivity index (χ2n) is 5.53. The third kappa shape index (κ3) is 2.72. The summed E-state index contributed by atoms with van der Waals surface area (Å²) in [6.45, 7) is 0.104. The van der Waals surface area contributed by atoms with Crippen molar-refractivity contribution >= 4 is 17.3 Å². The third-order valence-corrected chi connectivity index (χ3v) is 4.03. The Bertz CT molecular complexity index is 701. The van der Waals surface area contributed by atoms with Crippen molar-refractivity contribution in [1.29, 1.82) is 0 Å². The lowest BCUT2D eigenvalue weighted by atomic mass is 9.85. The molecule has 6 nitrogen and oxygen atoms in total. The monoisotopic (exact) mass is 310 g/mol. The van der Waals surface area contributed by atoms with E-state index in [1.807, 2.05) is 0 Å². The molecule has 0 radical (unpaired) electrons. The number of hydrogen-bond donors (Lipinski definition) is 2. The fourth-order valence-electron chi connectivity index (χ4n) is 2.80. The summed E-state index contributed by atoms with van der Waals surface area (Å²) in [5.41, 5.74) is 0.345. The number of nitrogens with zero attached hydrogens (tertiary/aromatic N) is 3. The fraction of sp³-hybridized carbons (Fsp3) is 0.500. The maximum atomic E-state index is 13.8. The molecular formula is C14H16F2N4O2. The van der Waals surface area contributed by atoms with Crippen LogP contribution in [0.4, 0.5) is 14.6 Å². The summed E-state index contributed by atoms with van der Waals surface area (Å²) in [6, 6.07) is 1.37. The highest BCUT2D eigenvalue weighted by molar-refractivity contribution is 5.88. The topological polar surface area (TPSA) is 79.5 Å². The molecule has 1 unspecified atom stereocenters. The molecular weight excluding hydrogens is 294 g/mol. The quantitative estimate of drug-likeness (QED) is 0.907. The predicted molar refractivity (Wildman–Crippen MR) is 75.3 cm³/mol. The van der Waals surface area contributed by atoms with Gasteiger partial charge in [-0.25, -0.2) is 23.1 Å². The van der Waals surface area contributed by atoms with E-state index in [2.05, 4.69) is 15.4 Å². The largest absolute Gasteiger partial charge is 0.476 e. The van der Waals surface area contributed by atoms with Gasteiger partial charge in [-0.05, 0) is 12.8 Å². The molecule has 0 amide bonds. The number of aromatic carboxylic acids is 1. The Balaban J connectivity index is 1.80. The van der Waals surface area contributed by atoms with E-state index in [4.69, 9.17) is 5.11 Å². The van der Waals surface area contributed by atoms with Crippen molar-refractivity contribution in [2.24, 2.45) is 5.92 Å². The van der Waals surface area contributed by atoms with E-state index in [9.17, 15) is 13.6 Å². The van der Waals surface area contributed by atoms with E-state index < -0.39 is 17.8 Å². The Morgan fingerprint density at radius 3 is 3.05 bits per heavy atom. The maximum Gasteiger partial charge on any atom is 0.356 e. The van der Waals surface area contributed by atoms with Crippen LogP contribution in [0.15, 0.2) is 18.5 Å². The van der Waals surface area contributed by atoms with Crippen LogP contribution in [0.3, 0.4) is 0 Å². The van der Waals surface area contributed by atoms with E-state index >= 15 is 0 Å². The number of alkyl halides is 2. The number of carboxylic acid groups (broad SMARTS) is 1. The molecule has 118 valence electrons. The number of anilines is 1. The van der Waals surface area contributed by atoms with Crippen LogP contribution in [0, 0.1) is 5.92 Å². The molecule has 1 atom stereocenters. The standard InChI is InChI=1S/C14H16F2N4O2/c15-14(16)4-2-1-3-9(14)8-18-12-11-7-10(13(21)22)19-20(11)6-5-17-12/h5-7,9H,1-4,8H2,(H,17,18)(H,21,22). The van der Waals surface area contributed by atoms with Crippen LogP contribution >= 0.6 is 0 Å². The van der Waals surface area contributed by atoms with Crippen LogP contribution in [0.2, 0.25) is 0 Å². The number of hydrogen-bond acceptors (Lipinski definition) is 4. The minimum atomic E-state index is -2.66. The third-order valence-electron chi connectivity index (χ3n) is 4.03. The van der Waals surface area contributed by atoms with E-state index in [1.165, 1.54) is 23.0 Å². The molecule has 3 rings (SSSR count). The molecule has 0 saturated heterocycles. The van der Waals surface area contributed by atoms with Gasteiger partial charge in [0.2, 0.25) is 0 Å². The van der Waals surface area contributed by atoms with E-state index in [0.717, 1.165) is 6.42 Å². The lowest BCUT2D eigenvalue weighted by Gasteiger charge is -2.31. The fourth-order valence-corrected chi connectivity index (χ4v) is 2.80. The van der Waals surface area contributed by atoms with Gasteiger partial charge in [0.15, 0.2) is 11.5 Å². The van der Waals surface area contributed by atoms with Crippen molar-refractivity contribution in [3.8, 4) is 0 Å². The second kappa shape index (κ2) is 5.51. The molecule has 2 heterocycles. The predicted octanol–water partition coefficient (Wildman–Crippen LogP) is 2.66. The summed E-state index contributed by atoms with van der Waals surface area (Å²) in [7, 11) is 0. The van der Waals surface area contributed by atoms with Crippen molar-refractivity contribution in [2.45, 2.75) is 31.6 Å². The normalized spacial score (nSPS) is 20.9. The number of carboxylic acids is 1. The highest BCUT2D eigenvalue weighted by Crippen LogP contribution is 2.38. The van der Waals surface area contributed by atoms with Crippen LogP contribution < -0.4 is 5.32 Å². The first-order valence-electron chi connectivity index (χ1n) is 7.17. The minimum Gasteiger partial charge on any atom is -0.476 e. The van der Waals surface area contributed by atoms with Crippen LogP contribution in [0.1, 0.15) is 36.2 Å². The van der Waals surface area contributed by atoms with E-state index in [-0.39, 0.29) is 18.7 Å². The zero-order valence-corrected chi connectivity index (χ0v) is 11.8. The first-order valence-corrected chi connectivity index (χ1v) is 7.17. The van der Waals surface area contributed by atoms with Gasteiger partial charge in [-0.15, -0.1) is 0 Å². The molecule has 2 aromatic heterocycles. The van der Waals surface area contributed by atoms with Crippen molar-refractivity contribution in [1.82, 2.24) is 14.6 Å². The number of nitrogens with one attached hydrogen (secondary N) is 1. The van der Waals surface area contributed by atoms with Crippen molar-refractivity contribution in [3.05, 3.63) is 24.2 Å². The summed E-state index contributed by atoms with van der Waals surface area (Å²) < 4.78 is 29.1. The zero-order chi connectivity index (χ0) is 15.7. The van der Waals surface area contributed by atoms with E-state index in [1.54, 1.807) is 0 Å². The van der Waals surface area contributed by atoms with Gasteiger partial charge in [-0.3, -0.25) is 0 Å². The van der Waals surface area contributed by atoms with Gasteiger partial charge in [0.25, 0.3) is 5.92 Å². The Kier molecular flexibility index (Phi) is 3.67. The molecule has 2 aromatic rings. The molecule has 0 bridgehead atoms. The number of aromatic nitrogens is 3. The Morgan fingerprint density at radius 2 is 2.32 bits per heavy atom. The zero-order valence-electron chi connectivity index (χ0n) is 11.8. The first kappa shape index (κ1) is 14.7. The second-order valence-corrected chi connectivity index (χ2v) is 5.53. The molecule has 1 aliphatic rings. The number of rotatable bonds is 4. The minimum absolute atomic E-state index is 0.0766. The molecule has 0 aromatic carbocycles. The highest BCUT2D eigenvalue weighted by atomic mass is 19.3. The molecule has 1 saturated carbocycles. The molecule has 1 fully saturated rings. The van der Waals surface area contributed by atoms with Crippen LogP contribution in [0.5, 0.6) is 0 Å². The number of carbonyl (C=O) groups is 1. The van der Waals surface area contributed by atoms with Gasteiger partial charge in [0, 0.05) is 37.3 Å². The summed E-state index contributed by atoms with van der Waals surface area (Å²) >= 11 is 0. The lowest BCUT2D eigenvalue weighted by molar-refractivity contribution is -0.0802. The number of fused-ring (bicyclic) bond motifs is 1. The van der Waals surface area contributed by atoms with Crippen LogP contribution in [-0.4, -0.2) is 38.1 Å². The van der Waals surface area contributed by atoms with Gasteiger partial charge >= 0.3 is 5.97 Å². The summed E-state index contributed by atoms with van der Waals surface area (Å²) in [5.74, 6) is -4.18. The smallest absolute Gasteiger partial charge is 0.356 e. The molecule has 0 spiro atoms. The number of halogens is 2. The van der Waals surface area contributed by atoms with E-state index in [0.29, 0.717) is 24.2 Å². The van der Waals surface area contributed by atoms with Crippen LogP contribution in [0.25, 0.3) is 5.52 Å². The highest BCUT2D eigenvalue weighted by Gasteiger charge is 2.41. The summed E-state index contributed by atoms with van der Waals surface area (Å²) in [5, 5.41) is 15.8. The van der Waals surface area contributed by atoms with Gasteiger partial charge < -0.3 is 10.4 Å². The molecule has 1 aliphatic carbocycles. The average molecular weight is 310 g/mol.